The second-order valence-corrected chi connectivity index (χ2v) is 5.77. The van der Waals surface area contributed by atoms with E-state index in [9.17, 15) is 14.0 Å². The Morgan fingerprint density at radius 3 is 2.52 bits per heavy atom. The molecule has 0 unspecified atom stereocenters. The Hall–Kier alpha value is -1.91. The van der Waals surface area contributed by atoms with Crippen molar-refractivity contribution in [3.05, 3.63) is 35.6 Å². The molecule has 0 heterocycles. The topological polar surface area (TPSA) is 66.4 Å². The smallest absolute Gasteiger partial charge is 0.303 e. The van der Waals surface area contributed by atoms with Crippen LogP contribution in [0.2, 0.25) is 0 Å². The molecule has 0 aliphatic carbocycles. The molecule has 116 valence electrons. The minimum absolute atomic E-state index is 0.0854. The van der Waals surface area contributed by atoms with Crippen molar-refractivity contribution in [2.45, 2.75) is 44.9 Å². The molecule has 0 bridgehead atoms. The van der Waals surface area contributed by atoms with Crippen molar-refractivity contribution >= 4 is 11.9 Å². The van der Waals surface area contributed by atoms with Crippen molar-refractivity contribution in [1.29, 1.82) is 0 Å². The van der Waals surface area contributed by atoms with Crippen LogP contribution < -0.4 is 5.32 Å². The van der Waals surface area contributed by atoms with Gasteiger partial charge < -0.3 is 10.4 Å². The molecule has 4 nitrogen and oxygen atoms in total. The van der Waals surface area contributed by atoms with Gasteiger partial charge >= 0.3 is 5.97 Å². The average molecular weight is 295 g/mol. The quantitative estimate of drug-likeness (QED) is 0.725. The van der Waals surface area contributed by atoms with E-state index in [0.717, 1.165) is 5.56 Å². The van der Waals surface area contributed by atoms with Gasteiger partial charge in [-0.2, -0.15) is 0 Å². The summed E-state index contributed by atoms with van der Waals surface area (Å²) < 4.78 is 13.2. The van der Waals surface area contributed by atoms with Gasteiger partial charge in [-0.1, -0.05) is 26.0 Å². The van der Waals surface area contributed by atoms with E-state index in [0.29, 0.717) is 25.8 Å². The number of unbranched alkanes of at least 4 members (excludes halogenated alkanes) is 1. The Morgan fingerprint density at radius 1 is 1.24 bits per heavy atom. The van der Waals surface area contributed by atoms with Crippen molar-refractivity contribution in [3.63, 3.8) is 0 Å². The number of carbonyl (C=O) groups excluding carboxylic acids is 1. The van der Waals surface area contributed by atoms with E-state index in [4.69, 9.17) is 5.11 Å². The van der Waals surface area contributed by atoms with Crippen LogP contribution in [-0.4, -0.2) is 23.5 Å². The zero-order valence-electron chi connectivity index (χ0n) is 12.5. The minimum atomic E-state index is -0.845. The average Bonchev–Trinajstić information content (AvgIpc) is 2.41. The van der Waals surface area contributed by atoms with Gasteiger partial charge in [-0.3, -0.25) is 9.59 Å². The molecule has 0 spiro atoms. The molecule has 0 saturated carbocycles. The first-order valence-electron chi connectivity index (χ1n) is 7.06. The summed E-state index contributed by atoms with van der Waals surface area (Å²) in [6.45, 7) is 4.28. The molecule has 1 aromatic rings. The van der Waals surface area contributed by atoms with E-state index in [1.807, 2.05) is 19.9 Å². The van der Waals surface area contributed by atoms with Crippen molar-refractivity contribution in [1.82, 2.24) is 5.32 Å². The van der Waals surface area contributed by atoms with Gasteiger partial charge in [0.15, 0.2) is 0 Å². The van der Waals surface area contributed by atoms with Crippen LogP contribution in [0.4, 0.5) is 4.39 Å². The second-order valence-electron chi connectivity index (χ2n) is 5.77. The summed E-state index contributed by atoms with van der Waals surface area (Å²) in [5.74, 6) is -1.24. The third-order valence-corrected chi connectivity index (χ3v) is 3.38. The molecule has 1 amide bonds. The standard InChI is InChI=1S/C16H22FNO3/c1-16(2,12-6-5-7-13(17)10-12)11-18-14(19)8-3-4-9-15(20)21/h5-7,10H,3-4,8-9,11H2,1-2H3,(H,18,19)(H,20,21). The molecule has 2 N–H and O–H groups in total. The number of hydrogen-bond donors (Lipinski definition) is 2. The lowest BCUT2D eigenvalue weighted by Gasteiger charge is -2.25. The van der Waals surface area contributed by atoms with E-state index in [1.54, 1.807) is 6.07 Å². The van der Waals surface area contributed by atoms with Gasteiger partial charge in [0.2, 0.25) is 5.91 Å². The van der Waals surface area contributed by atoms with Crippen LogP contribution in [0.25, 0.3) is 0 Å². The van der Waals surface area contributed by atoms with E-state index in [2.05, 4.69) is 5.32 Å². The highest BCUT2D eigenvalue weighted by Gasteiger charge is 2.21. The molecule has 1 aromatic carbocycles. The van der Waals surface area contributed by atoms with Gasteiger partial charge in [0, 0.05) is 24.8 Å². The first kappa shape index (κ1) is 17.1. The van der Waals surface area contributed by atoms with Crippen LogP contribution in [-0.2, 0) is 15.0 Å². The molecular weight excluding hydrogens is 273 g/mol. The maximum Gasteiger partial charge on any atom is 0.303 e. The Morgan fingerprint density at radius 2 is 1.90 bits per heavy atom. The Bertz CT molecular complexity index is 500. The van der Waals surface area contributed by atoms with E-state index in [-0.39, 0.29) is 23.6 Å². The van der Waals surface area contributed by atoms with Gasteiger partial charge in [-0.05, 0) is 30.5 Å². The number of halogens is 1. The monoisotopic (exact) mass is 295 g/mol. The fourth-order valence-electron chi connectivity index (χ4n) is 1.98. The summed E-state index contributed by atoms with van der Waals surface area (Å²) in [6, 6.07) is 6.35. The number of benzene rings is 1. The minimum Gasteiger partial charge on any atom is -0.481 e. The number of carbonyl (C=O) groups is 2. The normalized spacial score (nSPS) is 11.2. The SMILES string of the molecule is CC(C)(CNC(=O)CCCCC(=O)O)c1cccc(F)c1. The summed E-state index contributed by atoms with van der Waals surface area (Å²) in [5.41, 5.74) is 0.465. The highest BCUT2D eigenvalue weighted by molar-refractivity contribution is 5.76. The fourth-order valence-corrected chi connectivity index (χ4v) is 1.98. The number of nitrogens with one attached hydrogen (secondary N) is 1. The van der Waals surface area contributed by atoms with Gasteiger partial charge in [0.05, 0.1) is 0 Å². The molecule has 0 saturated heterocycles. The van der Waals surface area contributed by atoms with Crippen LogP contribution in [0.1, 0.15) is 45.1 Å². The first-order chi connectivity index (χ1) is 9.81. The molecule has 0 aromatic heterocycles. The number of hydrogen-bond acceptors (Lipinski definition) is 2. The van der Waals surface area contributed by atoms with Crippen molar-refractivity contribution in [2.75, 3.05) is 6.54 Å². The fraction of sp³-hybridized carbons (Fsp3) is 0.500. The van der Waals surface area contributed by atoms with Crippen molar-refractivity contribution in [3.8, 4) is 0 Å². The van der Waals surface area contributed by atoms with Crippen LogP contribution >= 0.6 is 0 Å². The molecule has 0 aliphatic heterocycles. The Labute approximate surface area is 124 Å². The summed E-state index contributed by atoms with van der Waals surface area (Å²) in [4.78, 5) is 22.1. The lowest BCUT2D eigenvalue weighted by Crippen LogP contribution is -2.36. The highest BCUT2D eigenvalue weighted by atomic mass is 19.1. The zero-order valence-corrected chi connectivity index (χ0v) is 12.5. The van der Waals surface area contributed by atoms with Crippen molar-refractivity contribution < 1.29 is 19.1 Å². The third-order valence-electron chi connectivity index (χ3n) is 3.38. The van der Waals surface area contributed by atoms with Crippen LogP contribution in [0.5, 0.6) is 0 Å². The summed E-state index contributed by atoms with van der Waals surface area (Å²) in [6.07, 6.45) is 1.45. The van der Waals surface area contributed by atoms with Gasteiger partial charge in [-0.15, -0.1) is 0 Å². The lowest BCUT2D eigenvalue weighted by atomic mass is 9.84. The van der Waals surface area contributed by atoms with Gasteiger partial charge in [-0.25, -0.2) is 4.39 Å². The summed E-state index contributed by atoms with van der Waals surface area (Å²) in [5, 5.41) is 11.3. The van der Waals surface area contributed by atoms with E-state index >= 15 is 0 Å². The van der Waals surface area contributed by atoms with Gasteiger partial charge in [0.25, 0.3) is 0 Å². The predicted octanol–water partition coefficient (Wildman–Crippen LogP) is 2.86. The maximum atomic E-state index is 13.2. The first-order valence-corrected chi connectivity index (χ1v) is 7.06. The van der Waals surface area contributed by atoms with Crippen LogP contribution in [0.15, 0.2) is 24.3 Å². The molecule has 0 fully saturated rings. The number of rotatable bonds is 8. The molecule has 0 aliphatic rings. The van der Waals surface area contributed by atoms with E-state index in [1.165, 1.54) is 12.1 Å². The number of amides is 1. The molecular formula is C16H22FNO3. The zero-order chi connectivity index (χ0) is 15.9. The van der Waals surface area contributed by atoms with Crippen LogP contribution in [0.3, 0.4) is 0 Å². The highest BCUT2D eigenvalue weighted by Crippen LogP contribution is 2.22. The largest absolute Gasteiger partial charge is 0.481 e. The Balaban J connectivity index is 2.39. The number of carboxylic acids is 1. The number of aliphatic carboxylic acids is 1. The third kappa shape index (κ3) is 6.38. The lowest BCUT2D eigenvalue weighted by molar-refractivity contribution is -0.137. The predicted molar refractivity (Wildman–Crippen MR) is 78.5 cm³/mol. The second kappa shape index (κ2) is 7.76. The molecule has 0 radical (unpaired) electrons. The molecule has 1 rings (SSSR count). The molecule has 21 heavy (non-hydrogen) atoms. The molecule has 0 atom stereocenters. The van der Waals surface area contributed by atoms with Gasteiger partial charge in [0.1, 0.15) is 5.82 Å². The maximum absolute atomic E-state index is 13.2. The van der Waals surface area contributed by atoms with Crippen LogP contribution in [0, 0.1) is 5.82 Å². The molecule has 5 heteroatoms. The summed E-state index contributed by atoms with van der Waals surface area (Å²) in [7, 11) is 0. The van der Waals surface area contributed by atoms with Crippen molar-refractivity contribution in [2.24, 2.45) is 0 Å². The number of carboxylic acid groups (broad SMARTS) is 1. The van der Waals surface area contributed by atoms with E-state index < -0.39 is 5.97 Å². The summed E-state index contributed by atoms with van der Waals surface area (Å²) >= 11 is 0. The Kier molecular flexibility index (Phi) is 6.34.